The molecule has 0 radical (unpaired) electrons. The lowest BCUT2D eigenvalue weighted by Crippen LogP contribution is -2.31. The molecule has 1 aliphatic heterocycles. The van der Waals surface area contributed by atoms with Crippen molar-refractivity contribution in [1.29, 1.82) is 0 Å². The molecule has 2 aromatic carbocycles. The van der Waals surface area contributed by atoms with Gasteiger partial charge in [0, 0.05) is 15.6 Å². The van der Waals surface area contributed by atoms with Gasteiger partial charge in [0.25, 0.3) is 0 Å². The molecule has 0 fully saturated rings. The monoisotopic (exact) mass is 329 g/mol. The van der Waals surface area contributed by atoms with Crippen LogP contribution in [0.2, 0.25) is 0 Å². The van der Waals surface area contributed by atoms with E-state index < -0.39 is 0 Å². The molecule has 1 unspecified atom stereocenters. The van der Waals surface area contributed by atoms with Crippen LogP contribution in [0.5, 0.6) is 0 Å². The second-order valence-electron chi connectivity index (χ2n) is 5.13. The lowest BCUT2D eigenvalue weighted by atomic mass is 9.90. The molecule has 1 atom stereocenters. The smallest absolute Gasteiger partial charge is 0.222 e. The van der Waals surface area contributed by atoms with Gasteiger partial charge in [0.05, 0.1) is 5.69 Å². The first kappa shape index (κ1) is 13.4. The molecule has 1 aliphatic rings. The van der Waals surface area contributed by atoms with Crippen molar-refractivity contribution >= 4 is 27.5 Å². The highest BCUT2D eigenvalue weighted by molar-refractivity contribution is 9.10. The second-order valence-corrected chi connectivity index (χ2v) is 6.04. The van der Waals surface area contributed by atoms with E-state index in [0.717, 1.165) is 27.7 Å². The van der Waals surface area contributed by atoms with Crippen LogP contribution in [0, 0.1) is 0 Å². The number of ether oxygens (including phenoxy) is 1. The fraction of sp³-hybridized carbons (Fsp3) is 0.235. The molecule has 0 saturated heterocycles. The Morgan fingerprint density at radius 3 is 2.50 bits per heavy atom. The highest BCUT2D eigenvalue weighted by Gasteiger charge is 2.34. The van der Waals surface area contributed by atoms with Crippen LogP contribution in [0.25, 0.3) is 0 Å². The van der Waals surface area contributed by atoms with Crippen LogP contribution in [0.3, 0.4) is 0 Å². The van der Waals surface area contributed by atoms with E-state index in [-0.39, 0.29) is 5.60 Å². The van der Waals surface area contributed by atoms with Crippen molar-refractivity contribution in [3.8, 4) is 0 Å². The van der Waals surface area contributed by atoms with Gasteiger partial charge in [0.15, 0.2) is 0 Å². The van der Waals surface area contributed by atoms with Gasteiger partial charge >= 0.3 is 0 Å². The number of aliphatic imine (C=N–C) groups is 1. The van der Waals surface area contributed by atoms with E-state index in [4.69, 9.17) is 4.74 Å². The first-order valence-electron chi connectivity index (χ1n) is 6.75. The maximum Gasteiger partial charge on any atom is 0.222 e. The fourth-order valence-corrected chi connectivity index (χ4v) is 2.66. The van der Waals surface area contributed by atoms with Crippen LogP contribution >= 0.6 is 15.9 Å². The van der Waals surface area contributed by atoms with Gasteiger partial charge < -0.3 is 4.74 Å². The van der Waals surface area contributed by atoms with Gasteiger partial charge in [0.2, 0.25) is 5.90 Å². The number of fused-ring (bicyclic) bond motifs is 1. The SMILES string of the molecule is CCC1(C)OC(c2ccc(Br)cc2)=Nc2ccccc21. The molecular formula is C17H16BrNO. The van der Waals surface area contributed by atoms with E-state index in [1.165, 1.54) is 0 Å². The normalized spacial score (nSPS) is 20.9. The zero-order chi connectivity index (χ0) is 14.2. The third kappa shape index (κ3) is 2.27. The van der Waals surface area contributed by atoms with Gasteiger partial charge in [-0.25, -0.2) is 4.99 Å². The molecule has 0 aliphatic carbocycles. The third-order valence-corrected chi connectivity index (χ3v) is 4.31. The number of para-hydroxylation sites is 1. The Balaban J connectivity index is 2.11. The van der Waals surface area contributed by atoms with E-state index in [0.29, 0.717) is 5.90 Å². The minimum absolute atomic E-state index is 0.319. The average Bonchev–Trinajstić information content (AvgIpc) is 2.48. The topological polar surface area (TPSA) is 21.6 Å². The van der Waals surface area contributed by atoms with Crippen molar-refractivity contribution in [3.63, 3.8) is 0 Å². The van der Waals surface area contributed by atoms with E-state index in [9.17, 15) is 0 Å². The molecule has 3 rings (SSSR count). The summed E-state index contributed by atoms with van der Waals surface area (Å²) in [6.07, 6.45) is 0.902. The lowest BCUT2D eigenvalue weighted by Gasteiger charge is -2.35. The zero-order valence-electron chi connectivity index (χ0n) is 11.6. The largest absolute Gasteiger partial charge is 0.466 e. The van der Waals surface area contributed by atoms with Crippen molar-refractivity contribution in [2.75, 3.05) is 0 Å². The summed E-state index contributed by atoms with van der Waals surface area (Å²) >= 11 is 3.45. The maximum absolute atomic E-state index is 6.21. The number of rotatable bonds is 2. The quantitative estimate of drug-likeness (QED) is 0.743. The minimum atomic E-state index is -0.319. The molecule has 2 nitrogen and oxygen atoms in total. The summed E-state index contributed by atoms with van der Waals surface area (Å²) in [5, 5.41) is 0. The highest BCUT2D eigenvalue weighted by Crippen LogP contribution is 2.40. The van der Waals surface area contributed by atoms with Crippen molar-refractivity contribution in [2.24, 2.45) is 4.99 Å². The number of nitrogens with zero attached hydrogens (tertiary/aromatic N) is 1. The molecule has 2 aromatic rings. The average molecular weight is 330 g/mol. The van der Waals surface area contributed by atoms with Gasteiger partial charge in [-0.1, -0.05) is 41.1 Å². The zero-order valence-corrected chi connectivity index (χ0v) is 13.1. The third-order valence-electron chi connectivity index (χ3n) is 3.78. The first-order chi connectivity index (χ1) is 9.62. The molecule has 3 heteroatoms. The Kier molecular flexibility index (Phi) is 3.38. The molecule has 0 bridgehead atoms. The molecule has 1 heterocycles. The summed E-state index contributed by atoms with van der Waals surface area (Å²) in [5.74, 6) is 0.695. The van der Waals surface area contributed by atoms with E-state index >= 15 is 0 Å². The summed E-state index contributed by atoms with van der Waals surface area (Å²) in [7, 11) is 0. The standard InChI is InChI=1S/C17H16BrNO/c1-3-17(2)14-6-4-5-7-15(14)19-16(20-17)12-8-10-13(18)11-9-12/h4-11H,3H2,1-2H3. The summed E-state index contributed by atoms with van der Waals surface area (Å²) < 4.78 is 7.26. The molecule has 0 spiro atoms. The molecule has 0 N–H and O–H groups in total. The molecule has 0 saturated carbocycles. The molecule has 0 amide bonds. The van der Waals surface area contributed by atoms with E-state index in [2.05, 4.69) is 40.8 Å². The molecule has 102 valence electrons. The first-order valence-corrected chi connectivity index (χ1v) is 7.55. The maximum atomic E-state index is 6.21. The van der Waals surface area contributed by atoms with Crippen LogP contribution in [0.15, 0.2) is 58.0 Å². The Bertz CT molecular complexity index is 663. The molecular weight excluding hydrogens is 314 g/mol. The minimum Gasteiger partial charge on any atom is -0.466 e. The van der Waals surface area contributed by atoms with Gasteiger partial charge in [-0.3, -0.25) is 0 Å². The van der Waals surface area contributed by atoms with E-state index in [1.54, 1.807) is 0 Å². The van der Waals surface area contributed by atoms with Crippen molar-refractivity contribution in [2.45, 2.75) is 25.9 Å². The number of hydrogen-bond acceptors (Lipinski definition) is 2. The van der Waals surface area contributed by atoms with Gasteiger partial charge in [-0.15, -0.1) is 0 Å². The fourth-order valence-electron chi connectivity index (χ4n) is 2.40. The van der Waals surface area contributed by atoms with Crippen LogP contribution in [0.4, 0.5) is 5.69 Å². The van der Waals surface area contributed by atoms with Crippen LogP contribution in [-0.2, 0) is 10.3 Å². The highest BCUT2D eigenvalue weighted by atomic mass is 79.9. The lowest BCUT2D eigenvalue weighted by molar-refractivity contribution is 0.0660. The Labute approximate surface area is 127 Å². The Hall–Kier alpha value is -1.61. The summed E-state index contributed by atoms with van der Waals surface area (Å²) in [5.41, 5.74) is 2.84. The van der Waals surface area contributed by atoms with Crippen molar-refractivity contribution in [1.82, 2.24) is 0 Å². The summed E-state index contributed by atoms with van der Waals surface area (Å²) in [6, 6.07) is 16.3. The predicted molar refractivity (Wildman–Crippen MR) is 85.5 cm³/mol. The second kappa shape index (κ2) is 5.06. The van der Waals surface area contributed by atoms with Crippen molar-refractivity contribution < 1.29 is 4.74 Å². The number of halogens is 1. The molecule has 0 aromatic heterocycles. The van der Waals surface area contributed by atoms with Crippen LogP contribution < -0.4 is 0 Å². The van der Waals surface area contributed by atoms with Gasteiger partial charge in [-0.05, 0) is 43.7 Å². The molecule has 20 heavy (non-hydrogen) atoms. The van der Waals surface area contributed by atoms with Gasteiger partial charge in [0.1, 0.15) is 5.60 Å². The number of benzene rings is 2. The summed E-state index contributed by atoms with van der Waals surface area (Å²) in [4.78, 5) is 4.67. The van der Waals surface area contributed by atoms with Gasteiger partial charge in [-0.2, -0.15) is 0 Å². The number of hydrogen-bond donors (Lipinski definition) is 0. The Morgan fingerprint density at radius 2 is 1.80 bits per heavy atom. The van der Waals surface area contributed by atoms with Crippen molar-refractivity contribution in [3.05, 3.63) is 64.1 Å². The predicted octanol–water partition coefficient (Wildman–Crippen LogP) is 5.18. The van der Waals surface area contributed by atoms with Crippen LogP contribution in [0.1, 0.15) is 31.4 Å². The van der Waals surface area contributed by atoms with E-state index in [1.807, 2.05) is 42.5 Å². The van der Waals surface area contributed by atoms with Crippen LogP contribution in [-0.4, -0.2) is 5.90 Å². The summed E-state index contributed by atoms with van der Waals surface area (Å²) in [6.45, 7) is 4.26. The Morgan fingerprint density at radius 1 is 1.10 bits per heavy atom.